The second-order valence-corrected chi connectivity index (χ2v) is 28.5. The molecule has 8 atom stereocenters. The highest BCUT2D eigenvalue weighted by molar-refractivity contribution is 6.74. The summed E-state index contributed by atoms with van der Waals surface area (Å²) in [6, 6.07) is 0. The summed E-state index contributed by atoms with van der Waals surface area (Å²) in [5.74, 6) is 0.934. The van der Waals surface area contributed by atoms with Crippen LogP contribution in [0.5, 0.6) is 0 Å². The Morgan fingerprint density at radius 2 is 1.29 bits per heavy atom. The number of carbonyl (C=O) groups excluding carboxylic acids is 2. The van der Waals surface area contributed by atoms with E-state index < -0.39 is 28.8 Å². The summed E-state index contributed by atoms with van der Waals surface area (Å²) in [5, 5.41) is 0.0703. The standard InChI is InChI=1S/C43H79NO5Si2/c1-18-19-22-31(3)39(47-41(44)46)35(7)40(49-51(16,17)43(11,12)13)34(6)28-30(2)27-33(5)38(48-50(14,15)42(8,9)10)32(4)25-26-37(45)29-36-23-20-21-24-36/h18-19,22,25-27,31-36,38-40H,1,20-21,23-24,28-29H2,2-17H3,(H2,44,46)/t31-,32-,33-,34-,35+,38-,39-,40+/m0/s1. The number of rotatable bonds is 20. The number of ketones is 1. The number of hydrogen-bond acceptors (Lipinski definition) is 5. The molecular weight excluding hydrogens is 667 g/mol. The predicted octanol–water partition coefficient (Wildman–Crippen LogP) is 12.2. The predicted molar refractivity (Wildman–Crippen MR) is 223 cm³/mol. The third kappa shape index (κ3) is 15.3. The third-order valence-electron chi connectivity index (χ3n) is 12.2. The lowest BCUT2D eigenvalue weighted by molar-refractivity contribution is -0.115. The van der Waals surface area contributed by atoms with E-state index in [4.69, 9.17) is 19.3 Å². The molecule has 1 rings (SSSR count). The molecule has 0 heterocycles. The molecule has 0 unspecified atom stereocenters. The summed E-state index contributed by atoms with van der Waals surface area (Å²) in [7, 11) is -4.32. The van der Waals surface area contributed by atoms with Crippen molar-refractivity contribution in [1.29, 1.82) is 0 Å². The molecule has 2 N–H and O–H groups in total. The molecule has 6 nitrogen and oxygen atoms in total. The van der Waals surface area contributed by atoms with Gasteiger partial charge in [-0.3, -0.25) is 4.79 Å². The summed E-state index contributed by atoms with van der Waals surface area (Å²) in [6.45, 7) is 39.7. The van der Waals surface area contributed by atoms with Gasteiger partial charge in [-0.05, 0) is 79.4 Å². The highest BCUT2D eigenvalue weighted by Crippen LogP contribution is 2.42. The fourth-order valence-corrected chi connectivity index (χ4v) is 9.96. The maximum absolute atomic E-state index is 12.9. The zero-order valence-electron chi connectivity index (χ0n) is 35.7. The molecule has 1 amide bonds. The van der Waals surface area contributed by atoms with E-state index in [9.17, 15) is 9.59 Å². The summed E-state index contributed by atoms with van der Waals surface area (Å²) in [6.07, 6.45) is 16.8. The number of primary amides is 1. The number of allylic oxidation sites excluding steroid dienone is 4. The Kier molecular flexibility index (Phi) is 18.6. The minimum absolute atomic E-state index is 0.00886. The van der Waals surface area contributed by atoms with Crippen molar-refractivity contribution in [3.63, 3.8) is 0 Å². The molecule has 0 bridgehead atoms. The number of nitrogens with two attached hydrogens (primary N) is 1. The molecule has 0 spiro atoms. The van der Waals surface area contributed by atoms with Crippen molar-refractivity contribution in [2.24, 2.45) is 41.2 Å². The van der Waals surface area contributed by atoms with E-state index in [0.29, 0.717) is 12.3 Å². The van der Waals surface area contributed by atoms with Crippen molar-refractivity contribution in [2.75, 3.05) is 0 Å². The van der Waals surface area contributed by atoms with Crippen LogP contribution in [0.3, 0.4) is 0 Å². The van der Waals surface area contributed by atoms with Gasteiger partial charge in [0.25, 0.3) is 0 Å². The van der Waals surface area contributed by atoms with Crippen molar-refractivity contribution in [1.82, 2.24) is 0 Å². The van der Waals surface area contributed by atoms with Gasteiger partial charge in [0.2, 0.25) is 0 Å². The van der Waals surface area contributed by atoms with Crippen LogP contribution in [0.1, 0.15) is 122 Å². The van der Waals surface area contributed by atoms with E-state index in [1.54, 1.807) is 6.08 Å². The number of amides is 1. The second-order valence-electron chi connectivity index (χ2n) is 19.0. The molecule has 1 aliphatic carbocycles. The van der Waals surface area contributed by atoms with Crippen LogP contribution < -0.4 is 5.73 Å². The summed E-state index contributed by atoms with van der Waals surface area (Å²) < 4.78 is 20.2. The number of ether oxygens (including phenoxy) is 1. The fraction of sp³-hybridized carbons (Fsp3) is 0.767. The molecular formula is C43H79NO5Si2. The Balaban J connectivity index is 3.47. The minimum Gasteiger partial charge on any atom is -0.445 e. The highest BCUT2D eigenvalue weighted by atomic mass is 28.4. The van der Waals surface area contributed by atoms with Crippen molar-refractivity contribution in [3.8, 4) is 0 Å². The van der Waals surface area contributed by atoms with Crippen LogP contribution in [0.25, 0.3) is 0 Å². The molecule has 1 aliphatic rings. The monoisotopic (exact) mass is 746 g/mol. The van der Waals surface area contributed by atoms with E-state index in [2.05, 4.69) is 121 Å². The summed E-state index contributed by atoms with van der Waals surface area (Å²) >= 11 is 0. The first-order valence-corrected chi connectivity index (χ1v) is 25.5. The lowest BCUT2D eigenvalue weighted by Gasteiger charge is -2.45. The average molecular weight is 746 g/mol. The smallest absolute Gasteiger partial charge is 0.404 e. The Bertz CT molecular complexity index is 1200. The molecule has 8 heteroatoms. The topological polar surface area (TPSA) is 87.8 Å². The molecule has 1 fully saturated rings. The van der Waals surface area contributed by atoms with Crippen molar-refractivity contribution in [2.45, 2.75) is 176 Å². The molecule has 0 saturated heterocycles. The number of carbonyl (C=O) groups is 2. The maximum Gasteiger partial charge on any atom is 0.404 e. The Morgan fingerprint density at radius 3 is 1.76 bits per heavy atom. The number of hydrogen-bond donors (Lipinski definition) is 1. The molecule has 294 valence electrons. The first kappa shape index (κ1) is 47.3. The van der Waals surface area contributed by atoms with Gasteiger partial charge in [-0.1, -0.05) is 144 Å². The van der Waals surface area contributed by atoms with Gasteiger partial charge in [0, 0.05) is 18.3 Å². The van der Waals surface area contributed by atoms with Crippen molar-refractivity contribution in [3.05, 3.63) is 48.6 Å². The first-order valence-electron chi connectivity index (χ1n) is 19.7. The van der Waals surface area contributed by atoms with Crippen LogP contribution in [0.4, 0.5) is 4.79 Å². The third-order valence-corrected chi connectivity index (χ3v) is 21.1. The Hall–Kier alpha value is -1.75. The Labute approximate surface area is 316 Å². The van der Waals surface area contributed by atoms with Gasteiger partial charge in [-0.25, -0.2) is 4.79 Å². The van der Waals surface area contributed by atoms with Crippen LogP contribution >= 0.6 is 0 Å². The molecule has 0 radical (unpaired) electrons. The van der Waals surface area contributed by atoms with Gasteiger partial charge in [0.05, 0.1) is 12.2 Å². The van der Waals surface area contributed by atoms with Gasteiger partial charge in [-0.15, -0.1) is 0 Å². The average Bonchev–Trinajstić information content (AvgIpc) is 3.50. The minimum atomic E-state index is -2.21. The molecule has 1 saturated carbocycles. The molecule has 51 heavy (non-hydrogen) atoms. The van der Waals surface area contributed by atoms with Crippen LogP contribution in [0.2, 0.25) is 36.3 Å². The van der Waals surface area contributed by atoms with Crippen LogP contribution in [0, 0.1) is 35.5 Å². The summed E-state index contributed by atoms with van der Waals surface area (Å²) in [4.78, 5) is 25.1. The Morgan fingerprint density at radius 1 is 0.804 bits per heavy atom. The van der Waals surface area contributed by atoms with Crippen molar-refractivity contribution >= 4 is 28.5 Å². The van der Waals surface area contributed by atoms with Crippen LogP contribution in [0.15, 0.2) is 48.6 Å². The molecule has 0 aromatic rings. The molecule has 0 aliphatic heterocycles. The van der Waals surface area contributed by atoms with E-state index in [0.717, 1.165) is 6.42 Å². The van der Waals surface area contributed by atoms with Gasteiger partial charge in [-0.2, -0.15) is 0 Å². The second kappa shape index (κ2) is 20.1. The van der Waals surface area contributed by atoms with E-state index in [1.807, 2.05) is 25.2 Å². The van der Waals surface area contributed by atoms with Gasteiger partial charge in [0.15, 0.2) is 22.4 Å². The highest BCUT2D eigenvalue weighted by Gasteiger charge is 2.44. The van der Waals surface area contributed by atoms with Gasteiger partial charge >= 0.3 is 6.09 Å². The maximum atomic E-state index is 12.9. The van der Waals surface area contributed by atoms with E-state index in [-0.39, 0.29) is 57.7 Å². The van der Waals surface area contributed by atoms with Crippen LogP contribution in [-0.4, -0.2) is 46.8 Å². The zero-order chi connectivity index (χ0) is 39.5. The largest absolute Gasteiger partial charge is 0.445 e. The van der Waals surface area contributed by atoms with E-state index in [1.165, 1.54) is 31.3 Å². The lowest BCUT2D eigenvalue weighted by atomic mass is 9.81. The van der Waals surface area contributed by atoms with E-state index >= 15 is 0 Å². The van der Waals surface area contributed by atoms with Gasteiger partial charge in [0.1, 0.15) is 6.10 Å². The van der Waals surface area contributed by atoms with Crippen molar-refractivity contribution < 1.29 is 23.2 Å². The van der Waals surface area contributed by atoms with Crippen LogP contribution in [-0.2, 0) is 18.4 Å². The quantitative estimate of drug-likeness (QED) is 0.0580. The normalized spacial score (nSPS) is 20.5. The SMILES string of the molecule is C=CC=C[C@H](C)[C@H](OC(N)=O)[C@@H](C)[C@H](O[Si](C)(C)C(C)(C)C)[C@@H](C)CC(C)=C[C@H](C)[C@@H](O[Si](C)(C)C(C)(C)C)[C@@H](C)C=CC(=O)CC1CCCC1. The lowest BCUT2D eigenvalue weighted by Crippen LogP contribution is -2.50. The zero-order valence-corrected chi connectivity index (χ0v) is 37.7. The van der Waals surface area contributed by atoms with Gasteiger partial charge < -0.3 is 19.3 Å². The first-order chi connectivity index (χ1) is 23.2. The molecule has 0 aromatic carbocycles. The molecule has 0 aromatic heterocycles. The summed E-state index contributed by atoms with van der Waals surface area (Å²) in [5.41, 5.74) is 6.90. The fourth-order valence-electron chi connectivity index (χ4n) is 7.02.